The van der Waals surface area contributed by atoms with Crippen LogP contribution >= 0.6 is 0 Å². The van der Waals surface area contributed by atoms with Crippen molar-refractivity contribution in [2.24, 2.45) is 5.92 Å². The van der Waals surface area contributed by atoms with Gasteiger partial charge in [0, 0.05) is 25.4 Å². The van der Waals surface area contributed by atoms with Crippen LogP contribution in [0.1, 0.15) is 44.7 Å². The minimum Gasteiger partial charge on any atom is -0.493 e. The number of nitrogens with one attached hydrogen (secondary N) is 1. The average molecular weight is 392 g/mol. The monoisotopic (exact) mass is 392 g/mol. The number of carbonyl (C=O) groups is 3. The normalized spacial score (nSPS) is 17.6. The van der Waals surface area contributed by atoms with Gasteiger partial charge in [0.1, 0.15) is 5.75 Å². The van der Waals surface area contributed by atoms with Crippen LogP contribution in [0, 0.1) is 12.8 Å². The molecular formula is C23H24N2O4. The van der Waals surface area contributed by atoms with E-state index in [-0.39, 0.29) is 36.6 Å². The van der Waals surface area contributed by atoms with Crippen LogP contribution in [0.2, 0.25) is 0 Å². The van der Waals surface area contributed by atoms with Crippen molar-refractivity contribution in [1.82, 2.24) is 10.2 Å². The number of nitrogens with zero attached hydrogens (tertiary/aromatic N) is 1. The third-order valence-electron chi connectivity index (χ3n) is 5.46. The van der Waals surface area contributed by atoms with Crippen molar-refractivity contribution in [3.8, 4) is 5.75 Å². The lowest BCUT2D eigenvalue weighted by molar-refractivity contribution is -0.121. The fourth-order valence-corrected chi connectivity index (χ4v) is 3.87. The maximum atomic E-state index is 12.5. The standard InChI is InChI=1S/C23H24N2O4/c1-15-8-9-18-19(11-15)23(28)25(22(18)27)10-4-7-21(26)24-13-16-12-17-5-2-3-6-20(17)29-14-16/h2-3,5-6,8-9,11,16H,4,7,10,12-14H2,1H3,(H,24,26). The number of amides is 3. The number of imide groups is 1. The molecule has 2 heterocycles. The van der Waals surface area contributed by atoms with Crippen LogP contribution in [-0.4, -0.2) is 42.3 Å². The zero-order valence-electron chi connectivity index (χ0n) is 16.4. The fraction of sp³-hybridized carbons (Fsp3) is 0.348. The molecule has 4 rings (SSSR count). The molecule has 2 aliphatic rings. The Morgan fingerprint density at radius 2 is 1.93 bits per heavy atom. The van der Waals surface area contributed by atoms with Gasteiger partial charge in [-0.15, -0.1) is 0 Å². The predicted octanol–water partition coefficient (Wildman–Crippen LogP) is 2.74. The van der Waals surface area contributed by atoms with Crippen LogP contribution < -0.4 is 10.1 Å². The first kappa shape index (κ1) is 19.2. The number of hydrogen-bond donors (Lipinski definition) is 1. The second-order valence-electron chi connectivity index (χ2n) is 7.71. The molecule has 2 aromatic carbocycles. The van der Waals surface area contributed by atoms with E-state index >= 15 is 0 Å². The zero-order valence-corrected chi connectivity index (χ0v) is 16.4. The zero-order chi connectivity index (χ0) is 20.4. The van der Waals surface area contributed by atoms with E-state index in [1.165, 1.54) is 10.5 Å². The van der Waals surface area contributed by atoms with E-state index in [1.807, 2.05) is 37.3 Å². The number of benzene rings is 2. The molecule has 0 aromatic heterocycles. The maximum absolute atomic E-state index is 12.5. The summed E-state index contributed by atoms with van der Waals surface area (Å²) in [5, 5.41) is 2.95. The molecule has 6 nitrogen and oxygen atoms in total. The third-order valence-corrected chi connectivity index (χ3v) is 5.46. The molecule has 0 saturated heterocycles. The third kappa shape index (κ3) is 4.01. The van der Waals surface area contributed by atoms with Gasteiger partial charge in [0.05, 0.1) is 17.7 Å². The SMILES string of the molecule is Cc1ccc2c(c1)C(=O)N(CCCC(=O)NCC1COc3ccccc3C1)C2=O. The average Bonchev–Trinajstić information content (AvgIpc) is 2.96. The molecule has 1 N–H and O–H groups in total. The van der Waals surface area contributed by atoms with Crippen molar-refractivity contribution in [2.75, 3.05) is 19.7 Å². The summed E-state index contributed by atoms with van der Waals surface area (Å²) in [6.45, 7) is 3.28. The highest BCUT2D eigenvalue weighted by atomic mass is 16.5. The first-order valence-corrected chi connectivity index (χ1v) is 9.97. The second-order valence-corrected chi connectivity index (χ2v) is 7.71. The topological polar surface area (TPSA) is 75.7 Å². The summed E-state index contributed by atoms with van der Waals surface area (Å²) in [5.41, 5.74) is 3.01. The molecule has 1 atom stereocenters. The predicted molar refractivity (Wildman–Crippen MR) is 108 cm³/mol. The summed E-state index contributed by atoms with van der Waals surface area (Å²) in [6, 6.07) is 13.2. The molecule has 0 spiro atoms. The van der Waals surface area contributed by atoms with Gasteiger partial charge in [-0.25, -0.2) is 0 Å². The number of carbonyl (C=O) groups excluding carboxylic acids is 3. The lowest BCUT2D eigenvalue weighted by atomic mass is 9.97. The molecule has 2 aliphatic heterocycles. The smallest absolute Gasteiger partial charge is 0.261 e. The van der Waals surface area contributed by atoms with E-state index in [2.05, 4.69) is 5.32 Å². The van der Waals surface area contributed by atoms with Gasteiger partial charge < -0.3 is 10.1 Å². The van der Waals surface area contributed by atoms with Crippen molar-refractivity contribution in [1.29, 1.82) is 0 Å². The Morgan fingerprint density at radius 3 is 2.79 bits per heavy atom. The highest BCUT2D eigenvalue weighted by molar-refractivity contribution is 6.21. The van der Waals surface area contributed by atoms with E-state index in [0.717, 1.165) is 17.7 Å². The number of aryl methyl sites for hydroxylation is 1. The molecule has 0 aliphatic carbocycles. The number of fused-ring (bicyclic) bond motifs is 2. The molecule has 3 amide bonds. The molecule has 6 heteroatoms. The molecule has 0 fully saturated rings. The van der Waals surface area contributed by atoms with E-state index < -0.39 is 0 Å². The number of rotatable bonds is 6. The van der Waals surface area contributed by atoms with E-state index in [4.69, 9.17) is 4.74 Å². The summed E-state index contributed by atoms with van der Waals surface area (Å²) in [4.78, 5) is 38.3. The van der Waals surface area contributed by atoms with Crippen LogP contribution in [0.3, 0.4) is 0 Å². The van der Waals surface area contributed by atoms with Crippen LogP contribution in [-0.2, 0) is 11.2 Å². The molecule has 0 saturated carbocycles. The molecule has 29 heavy (non-hydrogen) atoms. The number of para-hydroxylation sites is 1. The van der Waals surface area contributed by atoms with Crippen LogP contribution in [0.15, 0.2) is 42.5 Å². The quantitative estimate of drug-likeness (QED) is 0.767. The van der Waals surface area contributed by atoms with Crippen molar-refractivity contribution in [2.45, 2.75) is 26.2 Å². The van der Waals surface area contributed by atoms with Crippen molar-refractivity contribution in [3.05, 3.63) is 64.7 Å². The van der Waals surface area contributed by atoms with Crippen molar-refractivity contribution >= 4 is 17.7 Å². The van der Waals surface area contributed by atoms with Crippen molar-refractivity contribution in [3.63, 3.8) is 0 Å². The lowest BCUT2D eigenvalue weighted by Crippen LogP contribution is -2.35. The molecule has 0 radical (unpaired) electrons. The fourth-order valence-electron chi connectivity index (χ4n) is 3.87. The van der Waals surface area contributed by atoms with E-state index in [1.54, 1.807) is 12.1 Å². The Labute approximate surface area is 169 Å². The largest absolute Gasteiger partial charge is 0.493 e. The van der Waals surface area contributed by atoms with Gasteiger partial charge in [-0.2, -0.15) is 0 Å². The van der Waals surface area contributed by atoms with Crippen molar-refractivity contribution < 1.29 is 19.1 Å². The minimum atomic E-state index is -0.275. The van der Waals surface area contributed by atoms with Crippen LogP contribution in [0.4, 0.5) is 0 Å². The highest BCUT2D eigenvalue weighted by Gasteiger charge is 2.35. The van der Waals surface area contributed by atoms with Gasteiger partial charge in [0.2, 0.25) is 5.91 Å². The highest BCUT2D eigenvalue weighted by Crippen LogP contribution is 2.26. The van der Waals surface area contributed by atoms with Gasteiger partial charge in [-0.3, -0.25) is 19.3 Å². The molecule has 2 aromatic rings. The van der Waals surface area contributed by atoms with Crippen LogP contribution in [0.25, 0.3) is 0 Å². The summed E-state index contributed by atoms with van der Waals surface area (Å²) in [6.07, 6.45) is 1.60. The summed E-state index contributed by atoms with van der Waals surface area (Å²) in [7, 11) is 0. The number of hydrogen-bond acceptors (Lipinski definition) is 4. The maximum Gasteiger partial charge on any atom is 0.261 e. The Kier molecular flexibility index (Phi) is 5.34. The van der Waals surface area contributed by atoms with Gasteiger partial charge >= 0.3 is 0 Å². The molecule has 1 unspecified atom stereocenters. The Bertz CT molecular complexity index is 969. The first-order valence-electron chi connectivity index (χ1n) is 9.97. The summed E-state index contributed by atoms with van der Waals surface area (Å²) >= 11 is 0. The molecular weight excluding hydrogens is 368 g/mol. The minimum absolute atomic E-state index is 0.0729. The van der Waals surface area contributed by atoms with Gasteiger partial charge in [-0.05, 0) is 43.5 Å². The Hall–Kier alpha value is -3.15. The second kappa shape index (κ2) is 8.07. The number of ether oxygens (including phenoxy) is 1. The summed E-state index contributed by atoms with van der Waals surface area (Å²) < 4.78 is 5.75. The van der Waals surface area contributed by atoms with Gasteiger partial charge in [-0.1, -0.05) is 29.8 Å². The lowest BCUT2D eigenvalue weighted by Gasteiger charge is -2.25. The first-order chi connectivity index (χ1) is 14.0. The summed E-state index contributed by atoms with van der Waals surface area (Å²) in [5.74, 6) is 0.548. The molecule has 150 valence electrons. The van der Waals surface area contributed by atoms with Gasteiger partial charge in [0.25, 0.3) is 11.8 Å². The molecule has 0 bridgehead atoms. The Morgan fingerprint density at radius 1 is 1.14 bits per heavy atom. The van der Waals surface area contributed by atoms with Gasteiger partial charge in [0.15, 0.2) is 0 Å². The van der Waals surface area contributed by atoms with E-state index in [0.29, 0.717) is 30.7 Å². The van der Waals surface area contributed by atoms with E-state index in [9.17, 15) is 14.4 Å². The Balaban J connectivity index is 1.22. The van der Waals surface area contributed by atoms with Crippen LogP contribution in [0.5, 0.6) is 5.75 Å².